The number of alkyl halides is 5. The first-order valence-corrected chi connectivity index (χ1v) is 14.1. The highest BCUT2D eigenvalue weighted by Gasteiger charge is 2.61. The number of hydrogen-bond donors (Lipinski definition) is 3. The number of carbonyl (C=O) groups is 1. The molecule has 0 radical (unpaired) electrons. The summed E-state index contributed by atoms with van der Waals surface area (Å²) in [6, 6.07) is 15.2. The molecule has 0 aliphatic rings. The van der Waals surface area contributed by atoms with E-state index in [1.165, 1.54) is 23.1 Å². The van der Waals surface area contributed by atoms with Crippen LogP contribution in [0.3, 0.4) is 0 Å². The quantitative estimate of drug-likeness (QED) is 0.0669. The summed E-state index contributed by atoms with van der Waals surface area (Å²) in [4.78, 5) is 15.4. The number of ether oxygens (including phenoxy) is 2. The van der Waals surface area contributed by atoms with Gasteiger partial charge in [0.25, 0.3) is 0 Å². The zero-order chi connectivity index (χ0) is 32.8. The molecule has 0 saturated heterocycles. The van der Waals surface area contributed by atoms with E-state index in [2.05, 4.69) is 30.7 Å². The molecule has 0 spiro atoms. The van der Waals surface area contributed by atoms with Crippen molar-refractivity contribution in [2.75, 3.05) is 18.2 Å². The molecule has 0 amide bonds. The number of nitrogens with zero attached hydrogens (tertiary/aromatic N) is 4. The van der Waals surface area contributed by atoms with Crippen LogP contribution in [0.5, 0.6) is 11.5 Å². The standard InChI is InChI=1S/C29H27F5N6O4S/c1-17-12-23(43-3)13-18(2)25(17)37-27(45-15-24(41)42)38-36-14-19-4-6-20(7-5-19)26-35-16-40(39-26)21-8-10-22(11-9-21)44-29(33,34)28(30,31)32/h4-14,16,27,37-38H,15H2,1-3H3,(H,41,42)/b36-14+. The summed E-state index contributed by atoms with van der Waals surface area (Å²) in [6.45, 7) is 3.83. The molecule has 1 heterocycles. The zero-order valence-corrected chi connectivity index (χ0v) is 24.8. The van der Waals surface area contributed by atoms with Crippen molar-refractivity contribution in [3.05, 3.63) is 83.7 Å². The third-order valence-corrected chi connectivity index (χ3v) is 7.10. The Morgan fingerprint density at radius 2 is 1.69 bits per heavy atom. The number of aromatic nitrogens is 3. The maximum atomic E-state index is 13.1. The molecule has 0 saturated carbocycles. The number of carboxylic acid groups (broad SMARTS) is 1. The van der Waals surface area contributed by atoms with Gasteiger partial charge in [-0.3, -0.25) is 10.2 Å². The molecule has 3 N–H and O–H groups in total. The van der Waals surface area contributed by atoms with Crippen LogP contribution < -0.4 is 20.2 Å². The van der Waals surface area contributed by atoms with E-state index in [0.29, 0.717) is 22.8 Å². The second kappa shape index (κ2) is 13.8. The van der Waals surface area contributed by atoms with Crippen molar-refractivity contribution in [1.82, 2.24) is 20.2 Å². The average molecular weight is 651 g/mol. The molecule has 45 heavy (non-hydrogen) atoms. The summed E-state index contributed by atoms with van der Waals surface area (Å²) < 4.78 is 73.8. The lowest BCUT2D eigenvalue weighted by Gasteiger charge is -2.21. The molecule has 0 aliphatic heterocycles. The van der Waals surface area contributed by atoms with Crippen molar-refractivity contribution in [2.45, 2.75) is 31.6 Å². The van der Waals surface area contributed by atoms with Crippen LogP contribution in [-0.4, -0.2) is 62.7 Å². The molecular weight excluding hydrogens is 623 g/mol. The highest BCUT2D eigenvalue weighted by atomic mass is 32.2. The van der Waals surface area contributed by atoms with Crippen molar-refractivity contribution in [1.29, 1.82) is 0 Å². The molecule has 0 aliphatic carbocycles. The molecule has 0 bridgehead atoms. The number of thioether (sulfide) groups is 1. The van der Waals surface area contributed by atoms with Crippen molar-refractivity contribution in [3.63, 3.8) is 0 Å². The number of hydrazone groups is 1. The number of carboxylic acids is 1. The molecule has 3 aromatic carbocycles. The molecular formula is C29H27F5N6O4S. The summed E-state index contributed by atoms with van der Waals surface area (Å²) in [5.41, 5.74) is 6.76. The van der Waals surface area contributed by atoms with Crippen LogP contribution in [0.25, 0.3) is 17.1 Å². The van der Waals surface area contributed by atoms with E-state index in [-0.39, 0.29) is 5.75 Å². The second-order valence-electron chi connectivity index (χ2n) is 9.50. The van der Waals surface area contributed by atoms with Gasteiger partial charge in [0, 0.05) is 11.3 Å². The van der Waals surface area contributed by atoms with Crippen molar-refractivity contribution in [3.8, 4) is 28.6 Å². The number of methoxy groups -OCH3 is 1. The first kappa shape index (κ1) is 33.0. The fraction of sp³-hybridized carbons (Fsp3) is 0.241. The van der Waals surface area contributed by atoms with E-state index in [1.807, 2.05) is 26.0 Å². The minimum Gasteiger partial charge on any atom is -0.497 e. The van der Waals surface area contributed by atoms with E-state index in [9.17, 15) is 26.7 Å². The predicted molar refractivity (Wildman–Crippen MR) is 159 cm³/mol. The Hall–Kier alpha value is -4.86. The van der Waals surface area contributed by atoms with Crippen LogP contribution in [0.15, 0.2) is 72.1 Å². The largest absolute Gasteiger partial charge is 0.499 e. The molecule has 0 fully saturated rings. The zero-order valence-electron chi connectivity index (χ0n) is 24.0. The number of hydrogen-bond acceptors (Lipinski definition) is 9. The third kappa shape index (κ3) is 8.62. The third-order valence-electron chi connectivity index (χ3n) is 6.13. The average Bonchev–Trinajstić information content (AvgIpc) is 3.47. The van der Waals surface area contributed by atoms with Crippen LogP contribution in [0.4, 0.5) is 27.6 Å². The number of anilines is 1. The fourth-order valence-corrected chi connectivity index (χ4v) is 4.60. The lowest BCUT2D eigenvalue weighted by atomic mass is 10.1. The maximum absolute atomic E-state index is 13.1. The molecule has 4 rings (SSSR count). The number of aryl methyl sites for hydroxylation is 2. The van der Waals surface area contributed by atoms with E-state index in [0.717, 1.165) is 46.3 Å². The normalized spacial score (nSPS) is 12.6. The topological polar surface area (TPSA) is 123 Å². The fourth-order valence-electron chi connectivity index (χ4n) is 3.96. The van der Waals surface area contributed by atoms with Crippen molar-refractivity contribution >= 4 is 29.6 Å². The molecule has 1 unspecified atom stereocenters. The first-order valence-electron chi connectivity index (χ1n) is 13.1. The van der Waals surface area contributed by atoms with E-state index in [1.54, 1.807) is 37.6 Å². The predicted octanol–water partition coefficient (Wildman–Crippen LogP) is 6.23. The number of benzene rings is 3. The van der Waals surface area contributed by atoms with Crippen molar-refractivity contribution in [2.24, 2.45) is 5.10 Å². The van der Waals surface area contributed by atoms with Gasteiger partial charge in [-0.15, -0.1) is 16.9 Å². The maximum Gasteiger partial charge on any atom is 0.499 e. The minimum atomic E-state index is -5.85. The highest BCUT2D eigenvalue weighted by molar-refractivity contribution is 8.00. The Morgan fingerprint density at radius 1 is 1.04 bits per heavy atom. The lowest BCUT2D eigenvalue weighted by molar-refractivity contribution is -0.360. The lowest BCUT2D eigenvalue weighted by Crippen LogP contribution is -2.41. The smallest absolute Gasteiger partial charge is 0.497 e. The number of halogens is 5. The van der Waals surface area contributed by atoms with Gasteiger partial charge >= 0.3 is 18.3 Å². The van der Waals surface area contributed by atoms with Crippen LogP contribution in [0, 0.1) is 13.8 Å². The second-order valence-corrected chi connectivity index (χ2v) is 10.6. The monoisotopic (exact) mass is 650 g/mol. The molecule has 1 aromatic heterocycles. The van der Waals surface area contributed by atoms with Gasteiger partial charge < -0.3 is 19.9 Å². The van der Waals surface area contributed by atoms with Gasteiger partial charge in [-0.05, 0) is 66.9 Å². The summed E-state index contributed by atoms with van der Waals surface area (Å²) in [6.07, 6.45) is -8.24. The van der Waals surface area contributed by atoms with Gasteiger partial charge in [0.2, 0.25) is 0 Å². The Labute approximate surface area is 258 Å². The Balaban J connectivity index is 1.40. The summed E-state index contributed by atoms with van der Waals surface area (Å²) in [5, 5.41) is 21.0. The van der Waals surface area contributed by atoms with E-state index in [4.69, 9.17) is 9.84 Å². The summed E-state index contributed by atoms with van der Waals surface area (Å²) in [7, 11) is 1.58. The number of aliphatic carboxylic acids is 1. The van der Waals surface area contributed by atoms with Gasteiger partial charge in [0.1, 0.15) is 17.8 Å². The first-order chi connectivity index (χ1) is 21.3. The van der Waals surface area contributed by atoms with E-state index < -0.39 is 29.5 Å². The van der Waals surface area contributed by atoms with Gasteiger partial charge in [0.15, 0.2) is 11.3 Å². The van der Waals surface area contributed by atoms with E-state index >= 15 is 0 Å². The Kier molecular flexibility index (Phi) is 10.2. The molecule has 10 nitrogen and oxygen atoms in total. The van der Waals surface area contributed by atoms with Crippen LogP contribution in [-0.2, 0) is 4.79 Å². The summed E-state index contributed by atoms with van der Waals surface area (Å²) >= 11 is 1.12. The van der Waals surface area contributed by atoms with Gasteiger partial charge in [-0.2, -0.15) is 27.1 Å². The van der Waals surface area contributed by atoms with Crippen LogP contribution in [0.1, 0.15) is 16.7 Å². The SMILES string of the molecule is COc1cc(C)c(NC(N/N=C/c2ccc(-c3ncn(-c4ccc(OC(F)(F)C(F)(F)F)cc4)n3)cc2)SCC(=O)O)c(C)c1. The van der Waals surface area contributed by atoms with Crippen molar-refractivity contribution < 1.29 is 41.3 Å². The van der Waals surface area contributed by atoms with Gasteiger partial charge in [-0.1, -0.05) is 24.3 Å². The van der Waals surface area contributed by atoms with Gasteiger partial charge in [0.05, 0.1) is 24.8 Å². The number of nitrogens with one attached hydrogen (secondary N) is 2. The highest BCUT2D eigenvalue weighted by Crippen LogP contribution is 2.37. The van der Waals surface area contributed by atoms with Crippen LogP contribution in [0.2, 0.25) is 0 Å². The molecule has 4 aromatic rings. The minimum absolute atomic E-state index is 0.158. The number of rotatable bonds is 13. The molecule has 1 atom stereocenters. The summed E-state index contributed by atoms with van der Waals surface area (Å²) in [5.74, 6) is -0.747. The molecule has 238 valence electrons. The molecule has 16 heteroatoms. The Morgan fingerprint density at radius 3 is 2.27 bits per heavy atom. The Bertz CT molecular complexity index is 1620. The van der Waals surface area contributed by atoms with Gasteiger partial charge in [-0.25, -0.2) is 9.67 Å². The van der Waals surface area contributed by atoms with Crippen LogP contribution >= 0.6 is 11.8 Å².